The van der Waals surface area contributed by atoms with Crippen molar-refractivity contribution in [2.45, 2.75) is 31.5 Å². The van der Waals surface area contributed by atoms with Gasteiger partial charge in [0.25, 0.3) is 0 Å². The predicted molar refractivity (Wildman–Crippen MR) is 127 cm³/mol. The highest BCUT2D eigenvalue weighted by Gasteiger charge is 2.48. The Bertz CT molecular complexity index is 1020. The van der Waals surface area contributed by atoms with E-state index in [1.54, 1.807) is 0 Å². The van der Waals surface area contributed by atoms with Gasteiger partial charge in [0.05, 0.1) is 13.1 Å². The number of quaternary nitrogens is 1. The van der Waals surface area contributed by atoms with E-state index >= 15 is 0 Å². The van der Waals surface area contributed by atoms with E-state index in [2.05, 4.69) is 35.6 Å². The number of hydrogen-bond acceptors (Lipinski definition) is 3. The fraction of sp³-hybridized carbons (Fsp3) is 0.321. The van der Waals surface area contributed by atoms with Gasteiger partial charge < -0.3 is 14.5 Å². The second-order valence-corrected chi connectivity index (χ2v) is 9.28. The molecule has 32 heavy (non-hydrogen) atoms. The number of carbonyl (C=O) groups is 1. The largest absolute Gasteiger partial charge is 0.454 e. The maximum Gasteiger partial charge on any atom is 0.333 e. The molecule has 3 aliphatic rings. The summed E-state index contributed by atoms with van der Waals surface area (Å²) in [7, 11) is 0. The van der Waals surface area contributed by atoms with Crippen molar-refractivity contribution in [1.29, 1.82) is 0 Å². The lowest BCUT2D eigenvalue weighted by Crippen LogP contribution is -2.63. The van der Waals surface area contributed by atoms with Crippen LogP contribution in [0.25, 0.3) is 0 Å². The summed E-state index contributed by atoms with van der Waals surface area (Å²) in [5, 5.41) is 3.40. The van der Waals surface area contributed by atoms with Crippen LogP contribution in [0, 0.1) is 5.92 Å². The van der Waals surface area contributed by atoms with E-state index in [-0.39, 0.29) is 12.1 Å². The molecule has 4 heteroatoms. The van der Waals surface area contributed by atoms with Crippen LogP contribution in [0.1, 0.15) is 30.0 Å². The Labute approximate surface area is 190 Å². The number of benzene rings is 3. The molecule has 3 aromatic rings. The standard InChI is InChI=1S/C28H31N2O2/c31-28(27(24-12-6-2-7-13-24)29-25-14-8-3-9-15-25)32-26-21-30(18-16-23(26)17-19-30)20-22-10-4-1-5-11-22/h1-15,23,26-27,29H,16-21H2/q+1/t23?,26-,27+,30?/m0/s1. The molecular weight excluding hydrogens is 396 g/mol. The quantitative estimate of drug-likeness (QED) is 0.416. The molecule has 2 atom stereocenters. The molecule has 0 radical (unpaired) electrons. The molecule has 3 aromatic carbocycles. The molecule has 3 fully saturated rings. The van der Waals surface area contributed by atoms with Gasteiger partial charge in [0.1, 0.15) is 13.1 Å². The third-order valence-corrected chi connectivity index (χ3v) is 7.12. The lowest BCUT2D eigenvalue weighted by Gasteiger charge is -2.52. The Kier molecular flexibility index (Phi) is 5.95. The smallest absolute Gasteiger partial charge is 0.333 e. The summed E-state index contributed by atoms with van der Waals surface area (Å²) in [6.07, 6.45) is 2.25. The molecule has 1 N–H and O–H groups in total. The molecule has 0 aliphatic carbocycles. The Morgan fingerprint density at radius 2 is 1.47 bits per heavy atom. The van der Waals surface area contributed by atoms with Crippen molar-refractivity contribution < 1.29 is 14.0 Å². The number of para-hydroxylation sites is 1. The summed E-state index contributed by atoms with van der Waals surface area (Å²) in [5.41, 5.74) is 3.21. The van der Waals surface area contributed by atoms with Crippen LogP contribution < -0.4 is 5.32 Å². The van der Waals surface area contributed by atoms with Gasteiger partial charge in [-0.3, -0.25) is 0 Å². The minimum atomic E-state index is -0.517. The van der Waals surface area contributed by atoms with E-state index in [0.717, 1.165) is 41.7 Å². The van der Waals surface area contributed by atoms with Crippen molar-refractivity contribution in [2.75, 3.05) is 25.0 Å². The van der Waals surface area contributed by atoms with Crippen LogP contribution in [-0.2, 0) is 16.1 Å². The summed E-state index contributed by atoms with van der Waals surface area (Å²) in [5.74, 6) is 0.291. The molecule has 6 rings (SSSR count). The van der Waals surface area contributed by atoms with Crippen LogP contribution in [0.15, 0.2) is 91.0 Å². The van der Waals surface area contributed by atoms with Gasteiger partial charge in [-0.2, -0.15) is 0 Å². The summed E-state index contributed by atoms with van der Waals surface area (Å²) in [6.45, 7) is 4.29. The van der Waals surface area contributed by atoms with E-state index < -0.39 is 6.04 Å². The Hall–Kier alpha value is -3.11. The van der Waals surface area contributed by atoms with Crippen molar-refractivity contribution in [1.82, 2.24) is 0 Å². The van der Waals surface area contributed by atoms with Crippen molar-refractivity contribution in [3.8, 4) is 0 Å². The first-order valence-corrected chi connectivity index (χ1v) is 11.7. The summed E-state index contributed by atoms with van der Waals surface area (Å²) in [6, 6.07) is 30.0. The zero-order valence-corrected chi connectivity index (χ0v) is 18.4. The molecule has 0 spiro atoms. The summed E-state index contributed by atoms with van der Waals surface area (Å²) >= 11 is 0. The molecule has 164 valence electrons. The first-order chi connectivity index (χ1) is 15.7. The second kappa shape index (κ2) is 9.17. The highest BCUT2D eigenvalue weighted by Crippen LogP contribution is 2.37. The number of ether oxygens (including phenoxy) is 1. The van der Waals surface area contributed by atoms with Gasteiger partial charge >= 0.3 is 5.97 Å². The zero-order valence-electron chi connectivity index (χ0n) is 18.4. The Morgan fingerprint density at radius 3 is 2.12 bits per heavy atom. The molecule has 3 saturated heterocycles. The fourth-order valence-electron chi connectivity index (χ4n) is 5.39. The highest BCUT2D eigenvalue weighted by molar-refractivity contribution is 5.81. The van der Waals surface area contributed by atoms with Crippen LogP contribution in [0.2, 0.25) is 0 Å². The van der Waals surface area contributed by atoms with E-state index in [0.29, 0.717) is 5.92 Å². The minimum absolute atomic E-state index is 0.0162. The van der Waals surface area contributed by atoms with E-state index in [9.17, 15) is 4.79 Å². The topological polar surface area (TPSA) is 38.3 Å². The lowest BCUT2D eigenvalue weighted by molar-refractivity contribution is -0.958. The van der Waals surface area contributed by atoms with Gasteiger partial charge in [-0.15, -0.1) is 0 Å². The van der Waals surface area contributed by atoms with E-state index in [1.165, 1.54) is 18.7 Å². The van der Waals surface area contributed by atoms with Gasteiger partial charge in [-0.25, -0.2) is 4.79 Å². The van der Waals surface area contributed by atoms with Crippen LogP contribution in [-0.4, -0.2) is 36.2 Å². The normalized spacial score (nSPS) is 25.1. The molecule has 0 aromatic heterocycles. The zero-order chi connectivity index (χ0) is 21.8. The number of piperidine rings is 3. The van der Waals surface area contributed by atoms with Gasteiger partial charge in [-0.05, 0) is 17.7 Å². The molecule has 3 heterocycles. The van der Waals surface area contributed by atoms with Crippen molar-refractivity contribution in [3.63, 3.8) is 0 Å². The highest BCUT2D eigenvalue weighted by atomic mass is 16.5. The van der Waals surface area contributed by atoms with Crippen molar-refractivity contribution in [3.05, 3.63) is 102 Å². The number of esters is 1. The number of anilines is 1. The van der Waals surface area contributed by atoms with Crippen LogP contribution in [0.4, 0.5) is 5.69 Å². The Balaban J connectivity index is 1.33. The number of rotatable bonds is 7. The first kappa shape index (κ1) is 20.8. The SMILES string of the molecule is O=C(O[C@H]1C[N+]2(Cc3ccccc3)CCC1CC2)[C@H](Nc1ccccc1)c1ccccc1. The number of carbonyl (C=O) groups excluding carboxylic acids is 1. The molecule has 3 aliphatic heterocycles. The number of hydrogen-bond donors (Lipinski definition) is 1. The van der Waals surface area contributed by atoms with Crippen molar-refractivity contribution >= 4 is 11.7 Å². The third-order valence-electron chi connectivity index (χ3n) is 7.12. The van der Waals surface area contributed by atoms with Gasteiger partial charge in [0.2, 0.25) is 0 Å². The molecule has 0 amide bonds. The average Bonchev–Trinajstić information content (AvgIpc) is 2.85. The third kappa shape index (κ3) is 4.56. The van der Waals surface area contributed by atoms with Crippen LogP contribution >= 0.6 is 0 Å². The fourth-order valence-corrected chi connectivity index (χ4v) is 5.39. The van der Waals surface area contributed by atoms with Crippen LogP contribution in [0.5, 0.6) is 0 Å². The van der Waals surface area contributed by atoms with Gasteiger partial charge in [0.15, 0.2) is 12.1 Å². The first-order valence-electron chi connectivity index (χ1n) is 11.7. The number of fused-ring (bicyclic) bond motifs is 3. The maximum atomic E-state index is 13.5. The Morgan fingerprint density at radius 1 is 0.875 bits per heavy atom. The van der Waals surface area contributed by atoms with Crippen LogP contribution in [0.3, 0.4) is 0 Å². The molecule has 0 unspecified atom stereocenters. The molecule has 2 bridgehead atoms. The lowest BCUT2D eigenvalue weighted by atomic mass is 9.82. The average molecular weight is 428 g/mol. The molecular formula is C28H31N2O2+. The minimum Gasteiger partial charge on any atom is -0.454 e. The van der Waals surface area contributed by atoms with E-state index in [1.807, 2.05) is 60.7 Å². The molecule has 0 saturated carbocycles. The second-order valence-electron chi connectivity index (χ2n) is 9.28. The van der Waals surface area contributed by atoms with E-state index in [4.69, 9.17) is 4.74 Å². The van der Waals surface area contributed by atoms with Gasteiger partial charge in [0, 0.05) is 30.0 Å². The van der Waals surface area contributed by atoms with Crippen molar-refractivity contribution in [2.24, 2.45) is 5.92 Å². The molecule has 4 nitrogen and oxygen atoms in total. The maximum absolute atomic E-state index is 13.5. The number of nitrogens with zero attached hydrogens (tertiary/aromatic N) is 1. The monoisotopic (exact) mass is 427 g/mol. The number of nitrogens with one attached hydrogen (secondary N) is 1. The van der Waals surface area contributed by atoms with Gasteiger partial charge in [-0.1, -0.05) is 78.9 Å². The summed E-state index contributed by atoms with van der Waals surface area (Å²) < 4.78 is 7.29. The summed E-state index contributed by atoms with van der Waals surface area (Å²) in [4.78, 5) is 13.5. The predicted octanol–water partition coefficient (Wildman–Crippen LogP) is 5.19.